The molecule has 3 aliphatic rings. The molecule has 4 rings (SSSR count). The highest BCUT2D eigenvalue weighted by molar-refractivity contribution is 6.56. The van der Waals surface area contributed by atoms with Crippen LogP contribution in [0.1, 0.15) is 55.9 Å². The van der Waals surface area contributed by atoms with Crippen molar-refractivity contribution in [1.82, 2.24) is 4.90 Å². The van der Waals surface area contributed by atoms with Crippen LogP contribution in [0, 0.1) is 0 Å². The van der Waals surface area contributed by atoms with Crippen molar-refractivity contribution < 1.29 is 14.3 Å². The van der Waals surface area contributed by atoms with Crippen molar-refractivity contribution in [3.8, 4) is 11.5 Å². The Labute approximate surface area is 177 Å². The minimum Gasteiger partial charge on any atom is -0.493 e. The lowest BCUT2D eigenvalue weighted by Crippen LogP contribution is -2.25. The Kier molecular flexibility index (Phi) is 6.56. The van der Waals surface area contributed by atoms with Crippen LogP contribution in [-0.2, 0) is 4.79 Å². The lowest BCUT2D eigenvalue weighted by atomic mass is 9.89. The first-order chi connectivity index (χ1) is 14.2. The molecule has 1 saturated heterocycles. The first-order valence-electron chi connectivity index (χ1n) is 10.7. The summed E-state index contributed by atoms with van der Waals surface area (Å²) in [6, 6.07) is 3.67. The van der Waals surface area contributed by atoms with Crippen molar-refractivity contribution in [2.45, 2.75) is 50.3 Å². The number of Topliss-reactive ketones (excluding diaryl/α,β-unsaturated/α-hetero) is 1. The number of methoxy groups -OCH3 is 1. The third-order valence-corrected chi connectivity index (χ3v) is 6.39. The zero-order valence-corrected chi connectivity index (χ0v) is 17.8. The number of fused-ring (bicyclic) bond motifs is 1. The summed E-state index contributed by atoms with van der Waals surface area (Å²) in [5, 5.41) is -0.738. The molecule has 0 bridgehead atoms. The standard InChI is InChI=1S/C23H29ClN2O3/c1-28-19-14-17-18(15-20(19)29-13-7-12-26-10-5-6-11-26)25-22(23(27)21(17)24)16-8-3-2-4-9-16/h8,14-15,21H,2-7,9-13H2,1H3. The Morgan fingerprint density at radius 2 is 2.00 bits per heavy atom. The van der Waals surface area contributed by atoms with Crippen LogP contribution in [0.2, 0.25) is 0 Å². The van der Waals surface area contributed by atoms with Crippen LogP contribution >= 0.6 is 11.6 Å². The van der Waals surface area contributed by atoms with Gasteiger partial charge in [0.2, 0.25) is 5.78 Å². The van der Waals surface area contributed by atoms with Crippen LogP contribution in [-0.4, -0.2) is 49.7 Å². The molecule has 0 radical (unpaired) electrons. The van der Waals surface area contributed by atoms with Gasteiger partial charge >= 0.3 is 0 Å². The topological polar surface area (TPSA) is 51.1 Å². The van der Waals surface area contributed by atoms with E-state index in [2.05, 4.69) is 11.0 Å². The van der Waals surface area contributed by atoms with Gasteiger partial charge in [-0.1, -0.05) is 6.08 Å². The zero-order valence-electron chi connectivity index (χ0n) is 17.1. The number of likely N-dealkylation sites (tertiary alicyclic amines) is 1. The van der Waals surface area contributed by atoms with Crippen LogP contribution < -0.4 is 9.47 Å². The number of nitrogens with zero attached hydrogens (tertiary/aromatic N) is 2. The van der Waals surface area contributed by atoms with Gasteiger partial charge in [0, 0.05) is 18.2 Å². The summed E-state index contributed by atoms with van der Waals surface area (Å²) in [5.74, 6) is 1.14. The maximum atomic E-state index is 12.8. The summed E-state index contributed by atoms with van der Waals surface area (Å²) in [6.07, 6.45) is 9.84. The summed E-state index contributed by atoms with van der Waals surface area (Å²) in [7, 11) is 1.61. The van der Waals surface area contributed by atoms with Crippen LogP contribution in [0.4, 0.5) is 5.69 Å². The Morgan fingerprint density at radius 1 is 1.17 bits per heavy atom. The van der Waals surface area contributed by atoms with Gasteiger partial charge in [-0.2, -0.15) is 0 Å². The number of halogens is 1. The molecule has 1 aromatic carbocycles. The highest BCUT2D eigenvalue weighted by atomic mass is 35.5. The molecule has 0 aromatic heterocycles. The number of carbonyl (C=O) groups excluding carboxylic acids is 1. The number of hydrogen-bond donors (Lipinski definition) is 0. The monoisotopic (exact) mass is 416 g/mol. The van der Waals surface area contributed by atoms with Gasteiger partial charge in [-0.25, -0.2) is 4.99 Å². The second-order valence-electron chi connectivity index (χ2n) is 7.98. The lowest BCUT2D eigenvalue weighted by Gasteiger charge is -2.24. The normalized spacial score (nSPS) is 22.1. The van der Waals surface area contributed by atoms with Gasteiger partial charge in [-0.3, -0.25) is 4.79 Å². The first kappa shape index (κ1) is 20.4. The molecular formula is C23H29ClN2O3. The molecule has 0 saturated carbocycles. The van der Waals surface area contributed by atoms with Gasteiger partial charge in [0.05, 0.1) is 19.4 Å². The number of alkyl halides is 1. The fourth-order valence-electron chi connectivity index (χ4n) is 4.33. The van der Waals surface area contributed by atoms with Gasteiger partial charge in [0.1, 0.15) is 11.1 Å². The number of aliphatic imine (C=N–C) groups is 1. The predicted octanol–water partition coefficient (Wildman–Crippen LogP) is 5.00. The third kappa shape index (κ3) is 4.51. The number of hydrogen-bond acceptors (Lipinski definition) is 5. The first-order valence-corrected chi connectivity index (χ1v) is 11.1. The fraction of sp³-hybridized carbons (Fsp3) is 0.565. The molecule has 1 unspecified atom stereocenters. The molecule has 2 aliphatic heterocycles. The third-order valence-electron chi connectivity index (χ3n) is 5.95. The number of benzene rings is 1. The van der Waals surface area contributed by atoms with E-state index in [-0.39, 0.29) is 5.78 Å². The average Bonchev–Trinajstić information content (AvgIpc) is 3.27. The zero-order chi connectivity index (χ0) is 20.2. The van der Waals surface area contributed by atoms with Crippen molar-refractivity contribution in [3.05, 3.63) is 29.3 Å². The van der Waals surface area contributed by atoms with E-state index in [9.17, 15) is 4.79 Å². The number of allylic oxidation sites excluding steroid dienone is 2. The minimum absolute atomic E-state index is 0.117. The summed E-state index contributed by atoms with van der Waals surface area (Å²) < 4.78 is 11.5. The Morgan fingerprint density at radius 3 is 2.72 bits per heavy atom. The van der Waals surface area contributed by atoms with E-state index in [4.69, 9.17) is 26.1 Å². The number of ether oxygens (including phenoxy) is 2. The largest absolute Gasteiger partial charge is 0.493 e. The maximum Gasteiger partial charge on any atom is 0.203 e. The number of ketones is 1. The second-order valence-corrected chi connectivity index (χ2v) is 8.41. The molecule has 6 heteroatoms. The highest BCUT2D eigenvalue weighted by Crippen LogP contribution is 2.43. The minimum atomic E-state index is -0.738. The molecule has 5 nitrogen and oxygen atoms in total. The van der Waals surface area contributed by atoms with E-state index in [0.717, 1.165) is 37.8 Å². The summed E-state index contributed by atoms with van der Waals surface area (Å²) in [4.78, 5) is 20.0. The molecule has 1 aliphatic carbocycles. The molecule has 156 valence electrons. The number of carbonyl (C=O) groups is 1. The molecule has 0 amide bonds. The van der Waals surface area contributed by atoms with Gasteiger partial charge in [-0.15, -0.1) is 11.6 Å². The predicted molar refractivity (Wildman–Crippen MR) is 116 cm³/mol. The van der Waals surface area contributed by atoms with E-state index in [1.165, 1.54) is 32.4 Å². The Hall–Kier alpha value is -1.85. The molecule has 1 atom stereocenters. The van der Waals surface area contributed by atoms with Crippen molar-refractivity contribution in [2.75, 3.05) is 33.4 Å². The average molecular weight is 417 g/mol. The molecule has 2 heterocycles. The number of rotatable bonds is 7. The Bertz CT molecular complexity index is 828. The molecule has 1 fully saturated rings. The summed E-state index contributed by atoms with van der Waals surface area (Å²) >= 11 is 6.53. The quantitative estimate of drug-likeness (QED) is 0.463. The Balaban J connectivity index is 1.53. The second kappa shape index (κ2) is 9.31. The van der Waals surface area contributed by atoms with Gasteiger partial charge in [0.15, 0.2) is 11.5 Å². The maximum absolute atomic E-state index is 12.8. The van der Waals surface area contributed by atoms with Crippen molar-refractivity contribution in [2.24, 2.45) is 4.99 Å². The van der Waals surface area contributed by atoms with Gasteiger partial charge in [0.25, 0.3) is 0 Å². The van der Waals surface area contributed by atoms with Crippen molar-refractivity contribution in [1.29, 1.82) is 0 Å². The van der Waals surface area contributed by atoms with Crippen LogP contribution in [0.3, 0.4) is 0 Å². The van der Waals surface area contributed by atoms with Crippen molar-refractivity contribution in [3.63, 3.8) is 0 Å². The van der Waals surface area contributed by atoms with E-state index < -0.39 is 5.38 Å². The van der Waals surface area contributed by atoms with Gasteiger partial charge < -0.3 is 14.4 Å². The smallest absolute Gasteiger partial charge is 0.203 e. The fourth-order valence-corrected chi connectivity index (χ4v) is 4.61. The molecule has 0 N–H and O–H groups in total. The molecular weight excluding hydrogens is 388 g/mol. The molecule has 0 spiro atoms. The van der Waals surface area contributed by atoms with E-state index in [1.54, 1.807) is 13.2 Å². The summed E-state index contributed by atoms with van der Waals surface area (Å²) in [6.45, 7) is 4.07. The molecule has 29 heavy (non-hydrogen) atoms. The van der Waals surface area contributed by atoms with Crippen molar-refractivity contribution >= 4 is 28.8 Å². The van der Waals surface area contributed by atoms with Gasteiger partial charge in [-0.05, 0) is 69.7 Å². The van der Waals surface area contributed by atoms with Crippen LogP contribution in [0.5, 0.6) is 11.5 Å². The SMILES string of the molecule is COc1cc2c(cc1OCCCN1CCCC1)N=C(C1=CCCCC1)C(=O)C2Cl. The van der Waals surface area contributed by atoms with E-state index in [0.29, 0.717) is 35.1 Å². The molecule has 1 aromatic rings. The highest BCUT2D eigenvalue weighted by Gasteiger charge is 2.33. The van der Waals surface area contributed by atoms with Crippen LogP contribution in [0.25, 0.3) is 0 Å². The van der Waals surface area contributed by atoms with E-state index >= 15 is 0 Å². The van der Waals surface area contributed by atoms with E-state index in [1.807, 2.05) is 6.07 Å². The summed E-state index contributed by atoms with van der Waals surface area (Å²) in [5.41, 5.74) is 2.95. The van der Waals surface area contributed by atoms with Crippen LogP contribution in [0.15, 0.2) is 28.8 Å². The lowest BCUT2D eigenvalue weighted by molar-refractivity contribution is -0.112.